The lowest BCUT2D eigenvalue weighted by Crippen LogP contribution is -2.19. The third-order valence-corrected chi connectivity index (χ3v) is 1.55. The van der Waals surface area contributed by atoms with Crippen molar-refractivity contribution in [3.05, 3.63) is 0 Å². The van der Waals surface area contributed by atoms with Gasteiger partial charge in [-0.15, -0.1) is 0 Å². The molecule has 0 spiro atoms. The smallest absolute Gasteiger partial charge is 0.364 e. The average molecular weight is 199 g/mol. The minimum Gasteiger partial charge on any atom is -0.364 e. The summed E-state index contributed by atoms with van der Waals surface area (Å²) >= 11 is 0. The molecular weight excluding hydrogens is 185 g/mol. The van der Waals surface area contributed by atoms with Crippen molar-refractivity contribution in [2.45, 2.75) is 13.0 Å². The number of rotatable bonds is 6. The number of phosphoric ester groups is 1. The zero-order valence-electron chi connectivity index (χ0n) is 7.06. The largest absolute Gasteiger partial charge is 0.469 e. The van der Waals surface area contributed by atoms with E-state index in [2.05, 4.69) is 9.84 Å². The summed E-state index contributed by atoms with van der Waals surface area (Å²) in [6.07, 6.45) is -0.612. The first-order valence-corrected chi connectivity index (χ1v) is 4.95. The van der Waals surface area contributed by atoms with Crippen LogP contribution >= 0.6 is 7.82 Å². The lowest BCUT2D eigenvalue weighted by Gasteiger charge is -2.13. The fraction of sp³-hybridized carbons (Fsp3) is 1.00. The minimum absolute atomic E-state index is 0.145. The second-order valence-corrected chi connectivity index (χ2v) is 3.47. The third-order valence-electron chi connectivity index (χ3n) is 0.916. The Balaban J connectivity index is 3.46. The highest BCUT2D eigenvalue weighted by Crippen LogP contribution is 2.37. The molecular formula is C5H14NO5P. The van der Waals surface area contributed by atoms with Crippen LogP contribution < -0.4 is 5.32 Å². The van der Waals surface area contributed by atoms with E-state index >= 15 is 0 Å². The van der Waals surface area contributed by atoms with E-state index in [1.54, 1.807) is 7.05 Å². The van der Waals surface area contributed by atoms with Gasteiger partial charge in [-0.05, 0) is 14.0 Å². The Morgan fingerprint density at radius 1 is 1.58 bits per heavy atom. The molecule has 1 unspecified atom stereocenters. The van der Waals surface area contributed by atoms with E-state index < -0.39 is 13.9 Å². The number of hydrogen-bond donors (Lipinski definition) is 3. The van der Waals surface area contributed by atoms with E-state index in [4.69, 9.17) is 14.5 Å². The third kappa shape index (κ3) is 8.13. The Hall–Kier alpha value is 0.0300. The highest BCUT2D eigenvalue weighted by atomic mass is 31.2. The van der Waals surface area contributed by atoms with E-state index in [0.29, 0.717) is 6.73 Å². The Kier molecular flexibility index (Phi) is 5.65. The molecule has 0 amide bonds. The molecule has 0 aromatic carbocycles. The average Bonchev–Trinajstić information content (AvgIpc) is 1.84. The lowest BCUT2D eigenvalue weighted by atomic mass is 10.4. The fourth-order valence-corrected chi connectivity index (χ4v) is 1.12. The second kappa shape index (κ2) is 5.64. The van der Waals surface area contributed by atoms with E-state index in [1.807, 2.05) is 0 Å². The van der Waals surface area contributed by atoms with E-state index in [9.17, 15) is 4.57 Å². The first-order valence-electron chi connectivity index (χ1n) is 3.42. The topological polar surface area (TPSA) is 88.0 Å². The molecule has 0 aliphatic rings. The van der Waals surface area contributed by atoms with Crippen molar-refractivity contribution in [1.29, 1.82) is 0 Å². The van der Waals surface area contributed by atoms with Crippen molar-refractivity contribution < 1.29 is 23.6 Å². The minimum atomic E-state index is -4.37. The molecule has 0 aromatic rings. The van der Waals surface area contributed by atoms with E-state index in [1.165, 1.54) is 6.92 Å². The molecule has 3 N–H and O–H groups in total. The predicted octanol–water partition coefficient (Wildman–Crippen LogP) is -0.322. The molecule has 0 radical (unpaired) electrons. The first kappa shape index (κ1) is 12.0. The molecule has 1 atom stereocenters. The van der Waals surface area contributed by atoms with Gasteiger partial charge < -0.3 is 14.5 Å². The molecule has 0 saturated heterocycles. The van der Waals surface area contributed by atoms with Crippen LogP contribution in [-0.2, 0) is 13.8 Å². The molecule has 0 aromatic heterocycles. The van der Waals surface area contributed by atoms with Crippen LogP contribution in [0.2, 0.25) is 0 Å². The van der Waals surface area contributed by atoms with Crippen molar-refractivity contribution in [2.75, 3.05) is 20.4 Å². The Bertz CT molecular complexity index is 158. The summed E-state index contributed by atoms with van der Waals surface area (Å²) in [5.74, 6) is 0. The number of hydrogen-bond acceptors (Lipinski definition) is 4. The zero-order valence-corrected chi connectivity index (χ0v) is 7.95. The van der Waals surface area contributed by atoms with Crippen LogP contribution in [0.5, 0.6) is 0 Å². The quantitative estimate of drug-likeness (QED) is 0.308. The Morgan fingerprint density at radius 3 is 2.58 bits per heavy atom. The van der Waals surface area contributed by atoms with Gasteiger partial charge in [0.2, 0.25) is 0 Å². The van der Waals surface area contributed by atoms with Gasteiger partial charge in [-0.3, -0.25) is 9.84 Å². The lowest BCUT2D eigenvalue weighted by molar-refractivity contribution is 0.0364. The summed E-state index contributed by atoms with van der Waals surface area (Å²) in [6, 6.07) is 0. The van der Waals surface area contributed by atoms with E-state index in [0.717, 1.165) is 0 Å². The van der Waals surface area contributed by atoms with Crippen molar-refractivity contribution in [3.63, 3.8) is 0 Å². The van der Waals surface area contributed by atoms with Crippen LogP contribution in [0.25, 0.3) is 0 Å². The predicted molar refractivity (Wildman–Crippen MR) is 42.5 cm³/mol. The standard InChI is InChI=1S/C5H14NO5P/c1-5(3-10-4-6-2)11-12(7,8)9/h5-6H,3-4H2,1-2H3,(H2,7,8,9). The first-order chi connectivity index (χ1) is 5.45. The van der Waals surface area contributed by atoms with Crippen molar-refractivity contribution in [2.24, 2.45) is 0 Å². The van der Waals surface area contributed by atoms with Gasteiger partial charge in [0.25, 0.3) is 0 Å². The monoisotopic (exact) mass is 199 g/mol. The van der Waals surface area contributed by atoms with Gasteiger partial charge in [0.1, 0.15) is 0 Å². The highest BCUT2D eigenvalue weighted by Gasteiger charge is 2.18. The summed E-state index contributed by atoms with van der Waals surface area (Å²) in [6.45, 7) is 2.00. The maximum atomic E-state index is 10.3. The summed E-state index contributed by atoms with van der Waals surface area (Å²) in [5, 5.41) is 2.71. The van der Waals surface area contributed by atoms with Crippen molar-refractivity contribution in [1.82, 2.24) is 5.32 Å². The molecule has 0 heterocycles. The number of nitrogens with one attached hydrogen (secondary N) is 1. The number of ether oxygens (including phenoxy) is 1. The molecule has 0 saturated carbocycles. The summed E-state index contributed by atoms with van der Waals surface area (Å²) in [5.41, 5.74) is 0. The molecule has 74 valence electrons. The molecule has 12 heavy (non-hydrogen) atoms. The van der Waals surface area contributed by atoms with Crippen molar-refractivity contribution >= 4 is 7.82 Å². The van der Waals surface area contributed by atoms with Gasteiger partial charge in [-0.1, -0.05) is 0 Å². The SMILES string of the molecule is CNCOCC(C)OP(=O)(O)O. The summed E-state index contributed by atoms with van der Waals surface area (Å²) < 4.78 is 19.5. The van der Waals surface area contributed by atoms with Crippen molar-refractivity contribution in [3.8, 4) is 0 Å². The normalized spacial score (nSPS) is 14.7. The number of phosphoric acid groups is 1. The molecule has 0 aliphatic heterocycles. The van der Waals surface area contributed by atoms with Gasteiger partial charge in [-0.2, -0.15) is 0 Å². The maximum absolute atomic E-state index is 10.3. The molecule has 0 fully saturated rings. The molecule has 0 bridgehead atoms. The molecule has 0 rings (SSSR count). The van der Waals surface area contributed by atoms with Crippen LogP contribution in [0.1, 0.15) is 6.92 Å². The molecule has 7 heteroatoms. The zero-order chi connectivity index (χ0) is 9.61. The molecule has 6 nitrogen and oxygen atoms in total. The Labute approximate surface area is 71.1 Å². The van der Waals surface area contributed by atoms with E-state index in [-0.39, 0.29) is 6.61 Å². The van der Waals surface area contributed by atoms with Crippen LogP contribution in [0, 0.1) is 0 Å². The van der Waals surface area contributed by atoms with Crippen LogP contribution in [0.15, 0.2) is 0 Å². The van der Waals surface area contributed by atoms with Gasteiger partial charge in [0.15, 0.2) is 0 Å². The highest BCUT2D eigenvalue weighted by molar-refractivity contribution is 7.46. The fourth-order valence-electron chi connectivity index (χ4n) is 0.592. The van der Waals surface area contributed by atoms with Gasteiger partial charge in [-0.25, -0.2) is 4.57 Å². The van der Waals surface area contributed by atoms with Crippen LogP contribution in [-0.4, -0.2) is 36.3 Å². The Morgan fingerprint density at radius 2 is 2.17 bits per heavy atom. The second-order valence-electron chi connectivity index (χ2n) is 2.28. The van der Waals surface area contributed by atoms with Crippen LogP contribution in [0.4, 0.5) is 0 Å². The maximum Gasteiger partial charge on any atom is 0.469 e. The van der Waals surface area contributed by atoms with Gasteiger partial charge in [0, 0.05) is 0 Å². The summed E-state index contributed by atoms with van der Waals surface area (Å²) in [4.78, 5) is 16.7. The van der Waals surface area contributed by atoms with Crippen LogP contribution in [0.3, 0.4) is 0 Å². The molecule has 0 aliphatic carbocycles. The summed E-state index contributed by atoms with van der Waals surface area (Å²) in [7, 11) is -2.67. The van der Waals surface area contributed by atoms with Gasteiger partial charge in [0.05, 0.1) is 19.4 Å². The van der Waals surface area contributed by atoms with Gasteiger partial charge >= 0.3 is 7.82 Å².